The zero-order chi connectivity index (χ0) is 20.2. The van der Waals surface area contributed by atoms with Crippen molar-refractivity contribution in [1.29, 1.82) is 0 Å². The molecule has 2 heterocycles. The molecule has 1 aliphatic heterocycles. The Hall–Kier alpha value is -2.86. The molecule has 0 bridgehead atoms. The fourth-order valence-electron chi connectivity index (χ4n) is 4.03. The molecule has 1 fully saturated rings. The number of rotatable bonds is 6. The molecule has 0 unspecified atom stereocenters. The number of ether oxygens (including phenoxy) is 1. The van der Waals surface area contributed by atoms with Crippen LogP contribution >= 0.6 is 0 Å². The SMILES string of the molecule is COc1ccccc1N1CCN(CCc2cnn(C)c2-c2ccc(F)cc2)CC1. The summed E-state index contributed by atoms with van der Waals surface area (Å²) in [7, 11) is 3.66. The number of para-hydroxylation sites is 2. The molecule has 1 aromatic heterocycles. The van der Waals surface area contributed by atoms with Gasteiger partial charge in [-0.1, -0.05) is 12.1 Å². The maximum absolute atomic E-state index is 13.3. The Balaban J connectivity index is 1.37. The monoisotopic (exact) mass is 394 g/mol. The third-order valence-corrected chi connectivity index (χ3v) is 5.63. The van der Waals surface area contributed by atoms with Gasteiger partial charge in [-0.25, -0.2) is 4.39 Å². The van der Waals surface area contributed by atoms with Gasteiger partial charge in [-0.05, 0) is 48.4 Å². The number of aromatic nitrogens is 2. The molecular weight excluding hydrogens is 367 g/mol. The summed E-state index contributed by atoms with van der Waals surface area (Å²) in [5.74, 6) is 0.714. The summed E-state index contributed by atoms with van der Waals surface area (Å²) in [5, 5.41) is 4.43. The first-order valence-corrected chi connectivity index (χ1v) is 10.0. The molecule has 1 saturated heterocycles. The topological polar surface area (TPSA) is 33.5 Å². The quantitative estimate of drug-likeness (QED) is 0.640. The first kappa shape index (κ1) is 19.5. The van der Waals surface area contributed by atoms with Gasteiger partial charge in [0.15, 0.2) is 0 Å². The van der Waals surface area contributed by atoms with E-state index in [9.17, 15) is 4.39 Å². The van der Waals surface area contributed by atoms with Crippen LogP contribution in [-0.2, 0) is 13.5 Å². The van der Waals surface area contributed by atoms with Crippen molar-refractivity contribution >= 4 is 5.69 Å². The van der Waals surface area contributed by atoms with E-state index in [0.29, 0.717) is 0 Å². The van der Waals surface area contributed by atoms with Crippen molar-refractivity contribution in [2.45, 2.75) is 6.42 Å². The van der Waals surface area contributed by atoms with E-state index in [1.807, 2.05) is 42.2 Å². The van der Waals surface area contributed by atoms with Gasteiger partial charge in [0.2, 0.25) is 0 Å². The van der Waals surface area contributed by atoms with Gasteiger partial charge >= 0.3 is 0 Å². The second kappa shape index (κ2) is 8.66. The smallest absolute Gasteiger partial charge is 0.142 e. The highest BCUT2D eigenvalue weighted by molar-refractivity contribution is 5.63. The average molecular weight is 394 g/mol. The molecule has 1 aliphatic rings. The van der Waals surface area contributed by atoms with Crippen LogP contribution in [0.5, 0.6) is 5.75 Å². The molecule has 4 rings (SSSR count). The average Bonchev–Trinajstić information content (AvgIpc) is 3.13. The number of hydrogen-bond donors (Lipinski definition) is 0. The Morgan fingerprint density at radius 1 is 1.00 bits per heavy atom. The molecule has 0 spiro atoms. The molecule has 5 nitrogen and oxygen atoms in total. The van der Waals surface area contributed by atoms with E-state index < -0.39 is 0 Å². The Morgan fingerprint density at radius 2 is 1.72 bits per heavy atom. The summed E-state index contributed by atoms with van der Waals surface area (Å²) in [5.41, 5.74) is 4.44. The molecule has 6 heteroatoms. The minimum atomic E-state index is -0.217. The molecule has 0 amide bonds. The Bertz CT molecular complexity index is 946. The highest BCUT2D eigenvalue weighted by atomic mass is 19.1. The summed E-state index contributed by atoms with van der Waals surface area (Å²) < 4.78 is 20.7. The third kappa shape index (κ3) is 4.27. The number of methoxy groups -OCH3 is 1. The Morgan fingerprint density at radius 3 is 2.45 bits per heavy atom. The first-order valence-electron chi connectivity index (χ1n) is 10.0. The minimum Gasteiger partial charge on any atom is -0.495 e. The van der Waals surface area contributed by atoms with Crippen molar-refractivity contribution in [3.63, 3.8) is 0 Å². The second-order valence-corrected chi connectivity index (χ2v) is 7.40. The lowest BCUT2D eigenvalue weighted by atomic mass is 10.1. The van der Waals surface area contributed by atoms with Gasteiger partial charge in [0.1, 0.15) is 11.6 Å². The molecule has 0 saturated carbocycles. The van der Waals surface area contributed by atoms with Crippen LogP contribution in [0.3, 0.4) is 0 Å². The van der Waals surface area contributed by atoms with E-state index in [4.69, 9.17) is 4.74 Å². The van der Waals surface area contributed by atoms with Crippen molar-refractivity contribution in [1.82, 2.24) is 14.7 Å². The number of aryl methyl sites for hydroxylation is 1. The zero-order valence-corrected chi connectivity index (χ0v) is 17.0. The molecule has 2 aromatic carbocycles. The van der Waals surface area contributed by atoms with Crippen molar-refractivity contribution in [2.75, 3.05) is 44.7 Å². The maximum atomic E-state index is 13.3. The van der Waals surface area contributed by atoms with Crippen LogP contribution in [0.25, 0.3) is 11.3 Å². The molecule has 0 N–H and O–H groups in total. The highest BCUT2D eigenvalue weighted by Crippen LogP contribution is 2.28. The molecular formula is C23H27FN4O. The predicted molar refractivity (Wildman–Crippen MR) is 114 cm³/mol. The summed E-state index contributed by atoms with van der Waals surface area (Å²) in [6, 6.07) is 14.9. The van der Waals surface area contributed by atoms with E-state index in [-0.39, 0.29) is 5.82 Å². The number of piperazine rings is 1. The van der Waals surface area contributed by atoms with Crippen LogP contribution in [-0.4, -0.2) is 54.5 Å². The molecule has 3 aromatic rings. The zero-order valence-electron chi connectivity index (χ0n) is 17.0. The van der Waals surface area contributed by atoms with Gasteiger partial charge < -0.3 is 9.64 Å². The second-order valence-electron chi connectivity index (χ2n) is 7.40. The molecule has 0 radical (unpaired) electrons. The molecule has 29 heavy (non-hydrogen) atoms. The summed E-state index contributed by atoms with van der Waals surface area (Å²) in [6.07, 6.45) is 2.86. The lowest BCUT2D eigenvalue weighted by Crippen LogP contribution is -2.47. The summed E-state index contributed by atoms with van der Waals surface area (Å²) >= 11 is 0. The van der Waals surface area contributed by atoms with Crippen molar-refractivity contribution in [2.24, 2.45) is 7.05 Å². The Kier molecular flexibility index (Phi) is 5.81. The number of benzene rings is 2. The van der Waals surface area contributed by atoms with Gasteiger partial charge in [0.05, 0.1) is 24.7 Å². The van der Waals surface area contributed by atoms with Crippen molar-refractivity contribution in [3.05, 3.63) is 66.1 Å². The van der Waals surface area contributed by atoms with E-state index in [1.165, 1.54) is 23.4 Å². The van der Waals surface area contributed by atoms with Crippen LogP contribution in [0.1, 0.15) is 5.56 Å². The highest BCUT2D eigenvalue weighted by Gasteiger charge is 2.20. The summed E-state index contributed by atoms with van der Waals surface area (Å²) in [4.78, 5) is 4.89. The molecule has 0 aliphatic carbocycles. The fraction of sp³-hybridized carbons (Fsp3) is 0.348. The van der Waals surface area contributed by atoms with Crippen molar-refractivity contribution < 1.29 is 9.13 Å². The van der Waals surface area contributed by atoms with Gasteiger partial charge in [0.25, 0.3) is 0 Å². The first-order chi connectivity index (χ1) is 14.2. The third-order valence-electron chi connectivity index (χ3n) is 5.63. The van der Waals surface area contributed by atoms with Crippen LogP contribution in [0.2, 0.25) is 0 Å². The summed E-state index contributed by atoms with van der Waals surface area (Å²) in [6.45, 7) is 4.99. The number of nitrogens with zero attached hydrogens (tertiary/aromatic N) is 4. The van der Waals surface area contributed by atoms with Gasteiger partial charge in [-0.3, -0.25) is 9.58 Å². The lowest BCUT2D eigenvalue weighted by Gasteiger charge is -2.36. The number of anilines is 1. The minimum absolute atomic E-state index is 0.217. The van der Waals surface area contributed by atoms with E-state index in [1.54, 1.807) is 7.11 Å². The number of hydrogen-bond acceptors (Lipinski definition) is 4. The van der Waals surface area contributed by atoms with Crippen LogP contribution in [0.15, 0.2) is 54.7 Å². The van der Waals surface area contributed by atoms with Gasteiger partial charge in [-0.15, -0.1) is 0 Å². The predicted octanol–water partition coefficient (Wildman–Crippen LogP) is 3.60. The molecule has 152 valence electrons. The number of halogens is 1. The Labute approximate surface area is 171 Å². The van der Waals surface area contributed by atoms with Crippen LogP contribution < -0.4 is 9.64 Å². The standard InChI is InChI=1S/C23H27FN4O/c1-26-23(18-7-9-20(24)10-8-18)19(17-25-26)11-12-27-13-15-28(16-14-27)21-5-3-4-6-22(21)29-2/h3-10,17H,11-16H2,1-2H3. The van der Waals surface area contributed by atoms with E-state index in [2.05, 4.69) is 27.0 Å². The fourth-order valence-corrected chi connectivity index (χ4v) is 4.03. The lowest BCUT2D eigenvalue weighted by molar-refractivity contribution is 0.260. The van der Waals surface area contributed by atoms with Gasteiger partial charge in [0, 0.05) is 45.3 Å². The van der Waals surface area contributed by atoms with Crippen LogP contribution in [0.4, 0.5) is 10.1 Å². The van der Waals surface area contributed by atoms with Crippen molar-refractivity contribution in [3.8, 4) is 17.0 Å². The van der Waals surface area contributed by atoms with E-state index in [0.717, 1.165) is 56.2 Å². The largest absolute Gasteiger partial charge is 0.495 e. The van der Waals surface area contributed by atoms with E-state index >= 15 is 0 Å². The normalized spacial score (nSPS) is 14.9. The molecule has 0 atom stereocenters. The maximum Gasteiger partial charge on any atom is 0.142 e. The van der Waals surface area contributed by atoms with Crippen LogP contribution in [0, 0.1) is 5.82 Å². The van der Waals surface area contributed by atoms with Gasteiger partial charge in [-0.2, -0.15) is 5.10 Å².